The average Bonchev–Trinajstić information content (AvgIpc) is 2.86. The molecule has 0 spiro atoms. The van der Waals surface area contributed by atoms with Crippen LogP contribution in [0.4, 0.5) is 0 Å². The Kier molecular flexibility index (Phi) is 6.02. The normalized spacial score (nSPS) is 21.5. The molecule has 0 bridgehead atoms. The number of likely N-dealkylation sites (tertiary alicyclic amines) is 1. The predicted octanol–water partition coefficient (Wildman–Crippen LogP) is 1.97. The fourth-order valence-electron chi connectivity index (χ4n) is 3.33. The Labute approximate surface area is 123 Å². The highest BCUT2D eigenvalue weighted by Crippen LogP contribution is 2.17. The molecule has 1 aromatic rings. The van der Waals surface area contributed by atoms with Gasteiger partial charge in [-0.2, -0.15) is 0 Å². The molecule has 0 aliphatic carbocycles. The van der Waals surface area contributed by atoms with Gasteiger partial charge in [0.25, 0.3) is 0 Å². The molecule has 0 aromatic heterocycles. The molecule has 3 nitrogen and oxygen atoms in total. The van der Waals surface area contributed by atoms with E-state index in [0.717, 1.165) is 25.6 Å². The van der Waals surface area contributed by atoms with Gasteiger partial charge in [-0.15, -0.1) is 0 Å². The monoisotopic (exact) mass is 275 g/mol. The van der Waals surface area contributed by atoms with Crippen LogP contribution >= 0.6 is 0 Å². The van der Waals surface area contributed by atoms with Gasteiger partial charge in [-0.1, -0.05) is 37.3 Å². The number of rotatable bonds is 7. The first kappa shape index (κ1) is 15.5. The molecule has 1 heterocycles. The zero-order valence-electron chi connectivity index (χ0n) is 13.0. The van der Waals surface area contributed by atoms with Crippen molar-refractivity contribution in [3.63, 3.8) is 0 Å². The van der Waals surface area contributed by atoms with Crippen LogP contribution in [0.15, 0.2) is 30.3 Å². The summed E-state index contributed by atoms with van der Waals surface area (Å²) in [5.41, 5.74) is 7.63. The van der Waals surface area contributed by atoms with E-state index in [4.69, 9.17) is 5.73 Å². The second-order valence-corrected chi connectivity index (χ2v) is 6.10. The lowest BCUT2D eigenvalue weighted by Crippen LogP contribution is -2.43. The van der Waals surface area contributed by atoms with Gasteiger partial charge in [0.1, 0.15) is 0 Å². The van der Waals surface area contributed by atoms with Crippen molar-refractivity contribution >= 4 is 0 Å². The molecule has 0 radical (unpaired) electrons. The first-order valence-corrected chi connectivity index (χ1v) is 7.91. The van der Waals surface area contributed by atoms with E-state index < -0.39 is 0 Å². The van der Waals surface area contributed by atoms with Crippen molar-refractivity contribution in [3.05, 3.63) is 35.9 Å². The van der Waals surface area contributed by atoms with Crippen molar-refractivity contribution in [2.24, 2.45) is 5.73 Å². The van der Waals surface area contributed by atoms with Crippen LogP contribution in [-0.2, 0) is 6.42 Å². The molecule has 1 fully saturated rings. The number of benzene rings is 1. The Morgan fingerprint density at radius 3 is 2.80 bits per heavy atom. The quantitative estimate of drug-likeness (QED) is 0.826. The van der Waals surface area contributed by atoms with Crippen LogP contribution in [0.2, 0.25) is 0 Å². The van der Waals surface area contributed by atoms with Gasteiger partial charge < -0.3 is 10.6 Å². The van der Waals surface area contributed by atoms with E-state index in [1.54, 1.807) is 0 Å². The summed E-state index contributed by atoms with van der Waals surface area (Å²) in [6, 6.07) is 11.5. The Bertz CT molecular complexity index is 379. The maximum Gasteiger partial charge on any atom is 0.0223 e. The topological polar surface area (TPSA) is 32.5 Å². The minimum absolute atomic E-state index is 0.221. The van der Waals surface area contributed by atoms with Crippen molar-refractivity contribution in [1.82, 2.24) is 9.80 Å². The van der Waals surface area contributed by atoms with Crippen molar-refractivity contribution < 1.29 is 0 Å². The number of nitrogens with two attached hydrogens (primary N) is 1. The Morgan fingerprint density at radius 2 is 2.10 bits per heavy atom. The van der Waals surface area contributed by atoms with Crippen LogP contribution in [0.1, 0.15) is 25.3 Å². The fourth-order valence-corrected chi connectivity index (χ4v) is 3.33. The zero-order chi connectivity index (χ0) is 14.4. The minimum Gasteiger partial charge on any atom is -0.326 e. The molecule has 0 amide bonds. The lowest BCUT2D eigenvalue weighted by Gasteiger charge is -2.29. The van der Waals surface area contributed by atoms with Crippen LogP contribution in [0.3, 0.4) is 0 Å². The summed E-state index contributed by atoms with van der Waals surface area (Å²) >= 11 is 0. The molecule has 112 valence electrons. The lowest BCUT2D eigenvalue weighted by atomic mass is 10.1. The average molecular weight is 275 g/mol. The molecule has 1 saturated heterocycles. The van der Waals surface area contributed by atoms with E-state index >= 15 is 0 Å². The summed E-state index contributed by atoms with van der Waals surface area (Å²) in [6.07, 6.45) is 3.65. The molecule has 1 aliphatic heterocycles. The Hall–Kier alpha value is -0.900. The van der Waals surface area contributed by atoms with Gasteiger partial charge in [0.15, 0.2) is 0 Å². The summed E-state index contributed by atoms with van der Waals surface area (Å²) in [5, 5.41) is 0. The highest BCUT2D eigenvalue weighted by molar-refractivity contribution is 5.15. The molecular formula is C17H29N3. The van der Waals surface area contributed by atoms with Crippen LogP contribution in [0, 0.1) is 0 Å². The van der Waals surface area contributed by atoms with Crippen molar-refractivity contribution in [3.8, 4) is 0 Å². The van der Waals surface area contributed by atoms with E-state index in [1.165, 1.54) is 31.5 Å². The second kappa shape index (κ2) is 7.77. The highest BCUT2D eigenvalue weighted by atomic mass is 15.2. The van der Waals surface area contributed by atoms with E-state index in [0.29, 0.717) is 0 Å². The number of hydrogen-bond donors (Lipinski definition) is 1. The van der Waals surface area contributed by atoms with Gasteiger partial charge in [0.2, 0.25) is 0 Å². The van der Waals surface area contributed by atoms with E-state index in [1.807, 2.05) is 0 Å². The molecule has 3 heteroatoms. The van der Waals surface area contributed by atoms with Crippen molar-refractivity contribution in [1.29, 1.82) is 0 Å². The van der Waals surface area contributed by atoms with Crippen molar-refractivity contribution in [2.45, 2.75) is 38.3 Å². The van der Waals surface area contributed by atoms with Crippen LogP contribution in [0.5, 0.6) is 0 Å². The third-order valence-electron chi connectivity index (χ3n) is 4.31. The van der Waals surface area contributed by atoms with Crippen LogP contribution in [0.25, 0.3) is 0 Å². The molecule has 20 heavy (non-hydrogen) atoms. The lowest BCUT2D eigenvalue weighted by molar-refractivity contribution is 0.193. The van der Waals surface area contributed by atoms with Crippen LogP contribution in [-0.4, -0.2) is 55.1 Å². The van der Waals surface area contributed by atoms with E-state index in [2.05, 4.69) is 54.1 Å². The summed E-state index contributed by atoms with van der Waals surface area (Å²) in [5.74, 6) is 0. The molecule has 1 aromatic carbocycles. The standard InChI is InChI=1S/C17H29N3/c1-3-20-11-7-10-17(20)14-19(2)13-16(18)12-15-8-5-4-6-9-15/h4-6,8-9,16-17H,3,7,10-14,18H2,1-2H3. The first-order chi connectivity index (χ1) is 9.69. The molecule has 1 aliphatic rings. The van der Waals surface area contributed by atoms with Crippen molar-refractivity contribution in [2.75, 3.05) is 33.2 Å². The van der Waals surface area contributed by atoms with E-state index in [-0.39, 0.29) is 6.04 Å². The Balaban J connectivity index is 1.75. The summed E-state index contributed by atoms with van der Waals surface area (Å²) in [6.45, 7) is 6.83. The molecule has 2 rings (SSSR count). The second-order valence-electron chi connectivity index (χ2n) is 6.10. The first-order valence-electron chi connectivity index (χ1n) is 7.91. The largest absolute Gasteiger partial charge is 0.326 e. The zero-order valence-corrected chi connectivity index (χ0v) is 13.0. The SMILES string of the molecule is CCN1CCCC1CN(C)CC(N)Cc1ccccc1. The molecule has 2 N–H and O–H groups in total. The summed E-state index contributed by atoms with van der Waals surface area (Å²) < 4.78 is 0. The molecular weight excluding hydrogens is 246 g/mol. The third kappa shape index (κ3) is 4.58. The maximum absolute atomic E-state index is 6.29. The highest BCUT2D eigenvalue weighted by Gasteiger charge is 2.24. The van der Waals surface area contributed by atoms with Crippen LogP contribution < -0.4 is 5.73 Å². The Morgan fingerprint density at radius 1 is 1.35 bits per heavy atom. The number of hydrogen-bond acceptors (Lipinski definition) is 3. The van der Waals surface area contributed by atoms with E-state index in [9.17, 15) is 0 Å². The van der Waals surface area contributed by atoms with Gasteiger partial charge in [-0.3, -0.25) is 4.90 Å². The van der Waals surface area contributed by atoms with Gasteiger partial charge in [0.05, 0.1) is 0 Å². The van der Waals surface area contributed by atoms with Gasteiger partial charge in [-0.25, -0.2) is 0 Å². The fraction of sp³-hybridized carbons (Fsp3) is 0.647. The number of likely N-dealkylation sites (N-methyl/N-ethyl adjacent to an activating group) is 2. The van der Waals surface area contributed by atoms with Gasteiger partial charge in [0, 0.05) is 25.2 Å². The summed E-state index contributed by atoms with van der Waals surface area (Å²) in [4.78, 5) is 5.01. The smallest absolute Gasteiger partial charge is 0.0223 e. The van der Waals surface area contributed by atoms with Gasteiger partial charge in [-0.05, 0) is 45.0 Å². The molecule has 2 atom stereocenters. The number of nitrogens with zero attached hydrogens (tertiary/aromatic N) is 2. The molecule has 0 saturated carbocycles. The minimum atomic E-state index is 0.221. The predicted molar refractivity (Wildman–Crippen MR) is 85.9 cm³/mol. The maximum atomic E-state index is 6.29. The summed E-state index contributed by atoms with van der Waals surface area (Å²) in [7, 11) is 2.21. The third-order valence-corrected chi connectivity index (χ3v) is 4.31. The van der Waals surface area contributed by atoms with Gasteiger partial charge >= 0.3 is 0 Å². The molecule has 2 unspecified atom stereocenters.